The van der Waals surface area contributed by atoms with Crippen LogP contribution >= 0.6 is 11.3 Å². The van der Waals surface area contributed by atoms with E-state index < -0.39 is 6.10 Å². The number of nitrogens with zero attached hydrogens (tertiary/aromatic N) is 2. The Morgan fingerprint density at radius 2 is 2.14 bits per heavy atom. The van der Waals surface area contributed by atoms with Crippen molar-refractivity contribution in [2.75, 3.05) is 16.8 Å². The number of carbonyl (C=O) groups is 2. The summed E-state index contributed by atoms with van der Waals surface area (Å²) in [5.41, 5.74) is 2.30. The van der Waals surface area contributed by atoms with Crippen LogP contribution in [0.3, 0.4) is 0 Å². The number of rotatable bonds is 2. The van der Waals surface area contributed by atoms with E-state index in [1.54, 1.807) is 23.1 Å². The lowest BCUT2D eigenvalue weighted by Crippen LogP contribution is -2.48. The third kappa shape index (κ3) is 3.25. The summed E-state index contributed by atoms with van der Waals surface area (Å²) < 4.78 is 5.85. The van der Waals surface area contributed by atoms with E-state index in [9.17, 15) is 14.9 Å². The lowest BCUT2D eigenvalue weighted by Gasteiger charge is -2.33. The second-order valence-electron chi connectivity index (χ2n) is 7.36. The average Bonchev–Trinajstić information content (AvgIpc) is 3.02. The molecule has 1 N–H and O–H groups in total. The van der Waals surface area contributed by atoms with Crippen LogP contribution in [0.2, 0.25) is 0 Å². The Morgan fingerprint density at radius 3 is 2.89 bits per heavy atom. The van der Waals surface area contributed by atoms with Crippen LogP contribution in [0.15, 0.2) is 24.3 Å². The van der Waals surface area contributed by atoms with E-state index in [4.69, 9.17) is 4.74 Å². The van der Waals surface area contributed by atoms with E-state index in [2.05, 4.69) is 18.3 Å². The topological polar surface area (TPSA) is 82.4 Å². The minimum atomic E-state index is -0.830. The number of thiophene rings is 1. The number of fused-ring (bicyclic) bond motifs is 2. The van der Waals surface area contributed by atoms with Crippen LogP contribution in [0.5, 0.6) is 5.75 Å². The minimum Gasteiger partial charge on any atom is -0.476 e. The summed E-state index contributed by atoms with van der Waals surface area (Å²) in [6, 6.07) is 9.44. The van der Waals surface area contributed by atoms with Gasteiger partial charge in [0.2, 0.25) is 5.91 Å². The van der Waals surface area contributed by atoms with Crippen LogP contribution in [-0.2, 0) is 22.4 Å². The molecule has 0 saturated carbocycles. The lowest BCUT2D eigenvalue weighted by atomic mass is 9.88. The lowest BCUT2D eigenvalue weighted by molar-refractivity contribution is -0.123. The molecule has 0 spiro atoms. The van der Waals surface area contributed by atoms with Gasteiger partial charge >= 0.3 is 0 Å². The molecule has 0 radical (unpaired) electrons. The highest BCUT2D eigenvalue weighted by molar-refractivity contribution is 7.16. The van der Waals surface area contributed by atoms with E-state index in [0.29, 0.717) is 27.9 Å². The second-order valence-corrected chi connectivity index (χ2v) is 8.47. The van der Waals surface area contributed by atoms with Gasteiger partial charge in [-0.3, -0.25) is 9.59 Å². The molecule has 28 heavy (non-hydrogen) atoms. The summed E-state index contributed by atoms with van der Waals surface area (Å²) in [6.07, 6.45) is 2.04. The van der Waals surface area contributed by atoms with Crippen molar-refractivity contribution in [3.05, 3.63) is 40.3 Å². The zero-order valence-electron chi connectivity index (χ0n) is 15.8. The summed E-state index contributed by atoms with van der Waals surface area (Å²) in [4.78, 5) is 27.7. The fourth-order valence-corrected chi connectivity index (χ4v) is 5.18. The first-order valence-electron chi connectivity index (χ1n) is 9.37. The van der Waals surface area contributed by atoms with Gasteiger partial charge < -0.3 is 15.0 Å². The zero-order valence-corrected chi connectivity index (χ0v) is 16.6. The Hall–Kier alpha value is -2.85. The smallest absolute Gasteiger partial charge is 0.267 e. The molecule has 0 fully saturated rings. The number of benzene rings is 1. The van der Waals surface area contributed by atoms with Gasteiger partial charge in [0.1, 0.15) is 16.8 Å². The Bertz CT molecular complexity index is 991. The van der Waals surface area contributed by atoms with Crippen molar-refractivity contribution in [2.45, 2.75) is 39.2 Å². The molecule has 2 amide bonds. The van der Waals surface area contributed by atoms with Gasteiger partial charge in [0.15, 0.2) is 6.10 Å². The molecule has 4 rings (SSSR count). The van der Waals surface area contributed by atoms with Gasteiger partial charge in [-0.15, -0.1) is 11.3 Å². The van der Waals surface area contributed by atoms with Gasteiger partial charge in [-0.05, 0) is 42.9 Å². The van der Waals surface area contributed by atoms with Crippen molar-refractivity contribution >= 4 is 33.8 Å². The highest BCUT2D eigenvalue weighted by atomic mass is 32.1. The number of amides is 2. The van der Waals surface area contributed by atoms with Crippen molar-refractivity contribution in [3.8, 4) is 11.8 Å². The fourth-order valence-electron chi connectivity index (χ4n) is 3.82. The van der Waals surface area contributed by atoms with Gasteiger partial charge in [0.05, 0.1) is 17.8 Å². The summed E-state index contributed by atoms with van der Waals surface area (Å²) in [7, 11) is 0. The first kappa shape index (κ1) is 18.5. The molecule has 2 atom stereocenters. The van der Waals surface area contributed by atoms with Crippen molar-refractivity contribution in [1.82, 2.24) is 0 Å². The predicted octanol–water partition coefficient (Wildman–Crippen LogP) is 3.50. The third-order valence-electron chi connectivity index (χ3n) is 5.31. The van der Waals surface area contributed by atoms with Crippen molar-refractivity contribution in [2.24, 2.45) is 5.92 Å². The van der Waals surface area contributed by atoms with Crippen LogP contribution in [0.1, 0.15) is 36.3 Å². The quantitative estimate of drug-likeness (QED) is 0.844. The number of carbonyl (C=O) groups excluding carboxylic acids is 2. The number of hydrogen-bond donors (Lipinski definition) is 1. The molecule has 1 aliphatic carbocycles. The molecule has 144 valence electrons. The van der Waals surface area contributed by atoms with Crippen LogP contribution in [0, 0.1) is 17.2 Å². The Labute approximate surface area is 167 Å². The summed E-state index contributed by atoms with van der Waals surface area (Å²) in [6.45, 7) is 3.82. The predicted molar refractivity (Wildman–Crippen MR) is 108 cm³/mol. The highest BCUT2D eigenvalue weighted by Gasteiger charge is 2.34. The molecule has 0 bridgehead atoms. The largest absolute Gasteiger partial charge is 0.476 e. The molecule has 2 aromatic rings. The van der Waals surface area contributed by atoms with E-state index in [0.717, 1.165) is 24.8 Å². The number of nitriles is 1. The number of ether oxygens (including phenoxy) is 1. The molecule has 0 saturated heterocycles. The number of nitrogens with one attached hydrogen (secondary N) is 1. The van der Waals surface area contributed by atoms with Gasteiger partial charge in [-0.25, -0.2) is 0 Å². The summed E-state index contributed by atoms with van der Waals surface area (Å²) >= 11 is 1.48. The molecule has 6 nitrogen and oxygen atoms in total. The number of anilines is 2. The Balaban J connectivity index is 1.58. The molecular formula is C21H21N3O3S. The summed E-state index contributed by atoms with van der Waals surface area (Å²) in [5.74, 6) is 0.600. The molecule has 7 heteroatoms. The third-order valence-corrected chi connectivity index (χ3v) is 6.48. The van der Waals surface area contributed by atoms with Crippen LogP contribution in [-0.4, -0.2) is 24.5 Å². The average molecular weight is 395 g/mol. The first-order chi connectivity index (χ1) is 13.5. The normalized spacial score (nSPS) is 20.4. The maximum atomic E-state index is 12.9. The van der Waals surface area contributed by atoms with E-state index in [1.165, 1.54) is 23.1 Å². The molecule has 2 heterocycles. The molecular weight excluding hydrogens is 374 g/mol. The van der Waals surface area contributed by atoms with Crippen molar-refractivity contribution in [3.63, 3.8) is 0 Å². The molecule has 1 aliphatic heterocycles. The van der Waals surface area contributed by atoms with Gasteiger partial charge in [0, 0.05) is 11.8 Å². The molecule has 2 aliphatic rings. The monoisotopic (exact) mass is 395 g/mol. The second kappa shape index (κ2) is 7.28. The number of para-hydroxylation sites is 2. The Morgan fingerprint density at radius 1 is 1.36 bits per heavy atom. The number of hydrogen-bond acceptors (Lipinski definition) is 5. The van der Waals surface area contributed by atoms with E-state index in [1.807, 2.05) is 6.07 Å². The minimum absolute atomic E-state index is 0.141. The molecule has 1 aromatic heterocycles. The summed E-state index contributed by atoms with van der Waals surface area (Å²) in [5, 5.41) is 13.1. The van der Waals surface area contributed by atoms with Crippen LogP contribution in [0.25, 0.3) is 0 Å². The Kier molecular flexibility index (Phi) is 4.82. The van der Waals surface area contributed by atoms with E-state index in [-0.39, 0.29) is 18.4 Å². The first-order valence-corrected chi connectivity index (χ1v) is 10.2. The van der Waals surface area contributed by atoms with Gasteiger partial charge in [-0.2, -0.15) is 5.26 Å². The van der Waals surface area contributed by atoms with E-state index >= 15 is 0 Å². The highest BCUT2D eigenvalue weighted by Crippen LogP contribution is 2.39. The van der Waals surface area contributed by atoms with Crippen molar-refractivity contribution < 1.29 is 14.3 Å². The maximum Gasteiger partial charge on any atom is 0.267 e. The fraction of sp³-hybridized carbons (Fsp3) is 0.381. The SMILES string of the molecule is CC(=O)N1C[C@H](C(=O)Nc2sc3c(c2C#N)CC[C@@H](C)C3)Oc2ccccc21. The molecule has 0 unspecified atom stereocenters. The van der Waals surface area contributed by atoms with Gasteiger partial charge in [0.25, 0.3) is 5.91 Å². The van der Waals surface area contributed by atoms with Crippen LogP contribution < -0.4 is 15.0 Å². The maximum absolute atomic E-state index is 12.9. The van der Waals surface area contributed by atoms with Crippen molar-refractivity contribution in [1.29, 1.82) is 5.26 Å². The standard InChI is InChI=1S/C21H21N3O3S/c1-12-7-8-14-15(10-22)21(28-19(14)9-12)23-20(26)18-11-24(13(2)25)16-5-3-4-6-17(16)27-18/h3-6,12,18H,7-9,11H2,1-2H3,(H,23,26)/t12-,18-/m1/s1. The van der Waals surface area contributed by atoms with Crippen LogP contribution in [0.4, 0.5) is 10.7 Å². The zero-order chi connectivity index (χ0) is 19.8. The van der Waals surface area contributed by atoms with Gasteiger partial charge in [-0.1, -0.05) is 19.1 Å². The molecule has 1 aromatic carbocycles.